The number of aromatic nitrogens is 1. The van der Waals surface area contributed by atoms with Crippen molar-refractivity contribution in [1.82, 2.24) is 4.98 Å². The molecular formula is C11H14N2O3S. The maximum Gasteiger partial charge on any atom is 0.357 e. The van der Waals surface area contributed by atoms with E-state index in [4.69, 9.17) is 4.74 Å². The van der Waals surface area contributed by atoms with E-state index in [1.807, 2.05) is 0 Å². The molecule has 3 rings (SSSR count). The molecule has 0 radical (unpaired) electrons. The standard InChI is InChI=1S/C11H14N2O3S/c1-15-10(14)8-5-17-11(13-8)12-7-4-6-2-3-9(7)16-6/h5-7,9H,2-4H2,1H3,(H,12,13). The van der Waals surface area contributed by atoms with E-state index >= 15 is 0 Å². The summed E-state index contributed by atoms with van der Waals surface area (Å²) in [5.74, 6) is -0.390. The van der Waals surface area contributed by atoms with Gasteiger partial charge in [0.1, 0.15) is 0 Å². The first-order valence-corrected chi connectivity index (χ1v) is 6.60. The second-order valence-electron chi connectivity index (χ2n) is 4.39. The number of nitrogens with one attached hydrogen (secondary N) is 1. The molecule has 1 N–H and O–H groups in total. The maximum atomic E-state index is 11.3. The average Bonchev–Trinajstić information content (AvgIpc) is 3.03. The summed E-state index contributed by atoms with van der Waals surface area (Å²) >= 11 is 1.43. The Labute approximate surface area is 103 Å². The van der Waals surface area contributed by atoms with Gasteiger partial charge in [-0.3, -0.25) is 0 Å². The van der Waals surface area contributed by atoms with Crippen molar-refractivity contribution >= 4 is 22.4 Å². The SMILES string of the molecule is COC(=O)c1csc(NC2CC3CCC2O3)n1. The number of ether oxygens (including phenoxy) is 2. The normalized spacial score (nSPS) is 30.5. The van der Waals surface area contributed by atoms with Gasteiger partial charge in [0.15, 0.2) is 10.8 Å². The quantitative estimate of drug-likeness (QED) is 0.831. The summed E-state index contributed by atoms with van der Waals surface area (Å²) in [5, 5.41) is 5.83. The van der Waals surface area contributed by atoms with Crippen LogP contribution in [0.2, 0.25) is 0 Å². The second-order valence-corrected chi connectivity index (χ2v) is 5.25. The van der Waals surface area contributed by atoms with Crippen LogP contribution in [0.4, 0.5) is 5.13 Å². The van der Waals surface area contributed by atoms with Gasteiger partial charge in [0.2, 0.25) is 0 Å². The number of carbonyl (C=O) groups excluding carboxylic acids is 1. The molecule has 0 aromatic carbocycles. The van der Waals surface area contributed by atoms with E-state index in [1.165, 1.54) is 24.9 Å². The Kier molecular flexibility index (Phi) is 2.76. The number of esters is 1. The number of methoxy groups -OCH3 is 1. The van der Waals surface area contributed by atoms with Gasteiger partial charge in [-0.2, -0.15) is 0 Å². The third kappa shape index (κ3) is 2.02. The Balaban J connectivity index is 1.65. The van der Waals surface area contributed by atoms with Gasteiger partial charge >= 0.3 is 5.97 Å². The lowest BCUT2D eigenvalue weighted by Gasteiger charge is -2.19. The Bertz CT molecular complexity index is 434. The molecule has 17 heavy (non-hydrogen) atoms. The van der Waals surface area contributed by atoms with Crippen LogP contribution >= 0.6 is 11.3 Å². The topological polar surface area (TPSA) is 60.5 Å². The molecular weight excluding hydrogens is 240 g/mol. The molecule has 0 amide bonds. The van der Waals surface area contributed by atoms with Gasteiger partial charge in [0.25, 0.3) is 0 Å². The fourth-order valence-corrected chi connectivity index (χ4v) is 3.23. The molecule has 0 aliphatic carbocycles. The van der Waals surface area contributed by atoms with Crippen LogP contribution in [-0.4, -0.2) is 36.3 Å². The summed E-state index contributed by atoms with van der Waals surface area (Å²) in [6, 6.07) is 0.338. The highest BCUT2D eigenvalue weighted by atomic mass is 32.1. The molecule has 2 fully saturated rings. The zero-order valence-corrected chi connectivity index (χ0v) is 10.3. The molecule has 6 heteroatoms. The van der Waals surface area contributed by atoms with E-state index in [2.05, 4.69) is 15.0 Å². The minimum Gasteiger partial charge on any atom is -0.464 e. The van der Waals surface area contributed by atoms with Crippen molar-refractivity contribution in [3.8, 4) is 0 Å². The van der Waals surface area contributed by atoms with Crippen LogP contribution in [0, 0.1) is 0 Å². The number of carbonyl (C=O) groups is 1. The molecule has 2 aliphatic rings. The third-order valence-corrected chi connectivity index (χ3v) is 4.09. The minimum atomic E-state index is -0.390. The molecule has 2 bridgehead atoms. The molecule has 0 spiro atoms. The zero-order valence-electron chi connectivity index (χ0n) is 9.51. The number of hydrogen-bond acceptors (Lipinski definition) is 6. The van der Waals surface area contributed by atoms with Gasteiger partial charge < -0.3 is 14.8 Å². The Morgan fingerprint density at radius 2 is 2.53 bits per heavy atom. The van der Waals surface area contributed by atoms with E-state index in [-0.39, 0.29) is 0 Å². The fraction of sp³-hybridized carbons (Fsp3) is 0.636. The highest BCUT2D eigenvalue weighted by Crippen LogP contribution is 2.36. The number of hydrogen-bond donors (Lipinski definition) is 1. The summed E-state index contributed by atoms with van der Waals surface area (Å²) in [6.45, 7) is 0. The number of fused-ring (bicyclic) bond motifs is 2. The lowest BCUT2D eigenvalue weighted by atomic mass is 9.96. The van der Waals surface area contributed by atoms with Gasteiger partial charge in [-0.05, 0) is 19.3 Å². The minimum absolute atomic E-state index is 0.311. The van der Waals surface area contributed by atoms with E-state index < -0.39 is 5.97 Å². The average molecular weight is 254 g/mol. The highest BCUT2D eigenvalue weighted by molar-refractivity contribution is 7.13. The van der Waals surface area contributed by atoms with E-state index in [1.54, 1.807) is 5.38 Å². The third-order valence-electron chi connectivity index (χ3n) is 3.31. The molecule has 5 nitrogen and oxygen atoms in total. The second kappa shape index (κ2) is 4.27. The summed E-state index contributed by atoms with van der Waals surface area (Å²) in [7, 11) is 1.36. The van der Waals surface area contributed by atoms with Crippen LogP contribution in [-0.2, 0) is 9.47 Å². The van der Waals surface area contributed by atoms with Crippen molar-refractivity contribution in [2.45, 2.75) is 37.5 Å². The maximum absolute atomic E-state index is 11.3. The largest absolute Gasteiger partial charge is 0.464 e. The van der Waals surface area contributed by atoms with Crippen LogP contribution in [0.5, 0.6) is 0 Å². The van der Waals surface area contributed by atoms with Gasteiger partial charge in [-0.1, -0.05) is 0 Å². The van der Waals surface area contributed by atoms with E-state index in [0.717, 1.165) is 18.0 Å². The summed E-state index contributed by atoms with van der Waals surface area (Å²) in [6.07, 6.45) is 4.06. The molecule has 2 saturated heterocycles. The van der Waals surface area contributed by atoms with Crippen molar-refractivity contribution in [3.05, 3.63) is 11.1 Å². The zero-order chi connectivity index (χ0) is 11.8. The predicted molar refractivity (Wildman–Crippen MR) is 63.4 cm³/mol. The summed E-state index contributed by atoms with van der Waals surface area (Å²) in [5.41, 5.74) is 0.365. The van der Waals surface area contributed by atoms with Crippen molar-refractivity contribution < 1.29 is 14.3 Å². The van der Waals surface area contributed by atoms with Crippen molar-refractivity contribution in [3.63, 3.8) is 0 Å². The molecule has 92 valence electrons. The summed E-state index contributed by atoms with van der Waals surface area (Å²) < 4.78 is 10.4. The Morgan fingerprint density at radius 1 is 1.65 bits per heavy atom. The predicted octanol–water partition coefficient (Wildman–Crippen LogP) is 1.66. The molecule has 2 aliphatic heterocycles. The van der Waals surface area contributed by atoms with Crippen LogP contribution in [0.25, 0.3) is 0 Å². The van der Waals surface area contributed by atoms with E-state index in [0.29, 0.717) is 23.9 Å². The first-order chi connectivity index (χ1) is 8.26. The molecule has 3 atom stereocenters. The van der Waals surface area contributed by atoms with Crippen LogP contribution in [0.3, 0.4) is 0 Å². The molecule has 1 aromatic rings. The molecule has 1 aromatic heterocycles. The molecule has 3 heterocycles. The first-order valence-electron chi connectivity index (χ1n) is 5.72. The van der Waals surface area contributed by atoms with Gasteiger partial charge in [-0.25, -0.2) is 9.78 Å². The van der Waals surface area contributed by atoms with E-state index in [9.17, 15) is 4.79 Å². The first kappa shape index (κ1) is 11.0. The van der Waals surface area contributed by atoms with Gasteiger partial charge in [0.05, 0.1) is 25.4 Å². The smallest absolute Gasteiger partial charge is 0.357 e. The molecule has 0 saturated carbocycles. The fourth-order valence-electron chi connectivity index (χ4n) is 2.49. The summed E-state index contributed by atoms with van der Waals surface area (Å²) in [4.78, 5) is 15.5. The Hall–Kier alpha value is -1.14. The number of nitrogens with zero attached hydrogens (tertiary/aromatic N) is 1. The van der Waals surface area contributed by atoms with Crippen LogP contribution in [0.1, 0.15) is 29.8 Å². The monoisotopic (exact) mass is 254 g/mol. The Morgan fingerprint density at radius 3 is 3.18 bits per heavy atom. The van der Waals surface area contributed by atoms with Crippen LogP contribution < -0.4 is 5.32 Å². The highest BCUT2D eigenvalue weighted by Gasteiger charge is 2.41. The van der Waals surface area contributed by atoms with Crippen molar-refractivity contribution in [2.75, 3.05) is 12.4 Å². The van der Waals surface area contributed by atoms with Gasteiger partial charge in [0, 0.05) is 5.38 Å². The lowest BCUT2D eigenvalue weighted by Crippen LogP contribution is -2.30. The molecule has 3 unspecified atom stereocenters. The van der Waals surface area contributed by atoms with Crippen molar-refractivity contribution in [1.29, 1.82) is 0 Å². The van der Waals surface area contributed by atoms with Gasteiger partial charge in [-0.15, -0.1) is 11.3 Å². The van der Waals surface area contributed by atoms with Crippen molar-refractivity contribution in [2.24, 2.45) is 0 Å². The lowest BCUT2D eigenvalue weighted by molar-refractivity contribution is 0.0595. The number of rotatable bonds is 3. The number of anilines is 1. The number of thiazole rings is 1. The van der Waals surface area contributed by atoms with Crippen LogP contribution in [0.15, 0.2) is 5.38 Å².